The van der Waals surface area contributed by atoms with Gasteiger partial charge in [-0.25, -0.2) is 4.39 Å². The molecule has 3 unspecified atom stereocenters. The lowest BCUT2D eigenvalue weighted by Crippen LogP contribution is -2.26. The zero-order valence-electron chi connectivity index (χ0n) is 10.9. The Morgan fingerprint density at radius 3 is 2.61 bits per heavy atom. The van der Waals surface area contributed by atoms with Gasteiger partial charge in [0.05, 0.1) is 6.10 Å². The molecule has 0 radical (unpaired) electrons. The molecule has 2 rings (SSSR count). The van der Waals surface area contributed by atoms with Gasteiger partial charge in [-0.1, -0.05) is 19.1 Å². The predicted octanol–water partition coefficient (Wildman–Crippen LogP) is 3.03. The highest BCUT2D eigenvalue weighted by molar-refractivity contribution is 5.19. The first kappa shape index (κ1) is 13.5. The van der Waals surface area contributed by atoms with Crippen molar-refractivity contribution in [3.63, 3.8) is 0 Å². The molecule has 0 aromatic heterocycles. The Morgan fingerprint density at radius 1 is 1.33 bits per heavy atom. The van der Waals surface area contributed by atoms with Gasteiger partial charge in [0, 0.05) is 6.04 Å². The average Bonchev–Trinajstić information content (AvgIpc) is 2.78. The summed E-state index contributed by atoms with van der Waals surface area (Å²) in [6.45, 7) is 3.07. The topological polar surface area (TPSA) is 32.3 Å². The number of nitrogens with one attached hydrogen (secondary N) is 1. The van der Waals surface area contributed by atoms with Crippen LogP contribution in [0.4, 0.5) is 4.39 Å². The van der Waals surface area contributed by atoms with E-state index in [1.54, 1.807) is 0 Å². The number of benzene rings is 1. The van der Waals surface area contributed by atoms with Crippen LogP contribution in [0.25, 0.3) is 0 Å². The van der Waals surface area contributed by atoms with Crippen LogP contribution in [-0.4, -0.2) is 17.8 Å². The maximum Gasteiger partial charge on any atom is 0.123 e. The summed E-state index contributed by atoms with van der Waals surface area (Å²) in [7, 11) is 0. The van der Waals surface area contributed by atoms with E-state index in [1.165, 1.54) is 12.1 Å². The van der Waals surface area contributed by atoms with Crippen molar-refractivity contribution in [2.24, 2.45) is 5.92 Å². The first-order valence-electron chi connectivity index (χ1n) is 6.86. The van der Waals surface area contributed by atoms with Crippen LogP contribution >= 0.6 is 0 Å². The van der Waals surface area contributed by atoms with Crippen LogP contribution in [0.1, 0.15) is 44.2 Å². The van der Waals surface area contributed by atoms with Gasteiger partial charge in [-0.3, -0.25) is 0 Å². The molecule has 3 atom stereocenters. The predicted molar refractivity (Wildman–Crippen MR) is 70.8 cm³/mol. The van der Waals surface area contributed by atoms with Crippen LogP contribution in [-0.2, 0) is 0 Å². The van der Waals surface area contributed by atoms with E-state index in [9.17, 15) is 9.50 Å². The van der Waals surface area contributed by atoms with E-state index in [-0.39, 0.29) is 18.0 Å². The summed E-state index contributed by atoms with van der Waals surface area (Å²) in [5.74, 6) is 0.391. The SMILES string of the molecule is CCC(NCC1CCC(O)C1)c1ccc(F)cc1. The van der Waals surface area contributed by atoms with Gasteiger partial charge in [-0.2, -0.15) is 0 Å². The van der Waals surface area contributed by atoms with Crippen LogP contribution in [0.5, 0.6) is 0 Å². The maximum absolute atomic E-state index is 12.9. The lowest BCUT2D eigenvalue weighted by atomic mass is 10.0. The molecule has 0 saturated heterocycles. The van der Waals surface area contributed by atoms with E-state index >= 15 is 0 Å². The fraction of sp³-hybridized carbons (Fsp3) is 0.600. The third-order valence-electron chi connectivity index (χ3n) is 3.85. The van der Waals surface area contributed by atoms with Crippen molar-refractivity contribution in [2.75, 3.05) is 6.54 Å². The Morgan fingerprint density at radius 2 is 2.06 bits per heavy atom. The molecule has 0 bridgehead atoms. The third-order valence-corrected chi connectivity index (χ3v) is 3.85. The minimum Gasteiger partial charge on any atom is -0.393 e. The summed E-state index contributed by atoms with van der Waals surface area (Å²) in [5.41, 5.74) is 1.14. The molecule has 1 aliphatic rings. The molecule has 100 valence electrons. The third kappa shape index (κ3) is 3.53. The maximum atomic E-state index is 12.9. The van der Waals surface area contributed by atoms with E-state index in [0.717, 1.165) is 37.8 Å². The summed E-state index contributed by atoms with van der Waals surface area (Å²) in [6.07, 6.45) is 3.82. The summed E-state index contributed by atoms with van der Waals surface area (Å²) in [4.78, 5) is 0. The van der Waals surface area contributed by atoms with E-state index in [1.807, 2.05) is 12.1 Å². The molecule has 18 heavy (non-hydrogen) atoms. The lowest BCUT2D eigenvalue weighted by molar-refractivity contribution is 0.177. The normalized spacial score (nSPS) is 25.3. The second kappa shape index (κ2) is 6.30. The summed E-state index contributed by atoms with van der Waals surface area (Å²) in [5, 5.41) is 13.0. The summed E-state index contributed by atoms with van der Waals surface area (Å²) < 4.78 is 12.9. The van der Waals surface area contributed by atoms with Gasteiger partial charge < -0.3 is 10.4 Å². The Balaban J connectivity index is 1.87. The molecule has 1 aromatic rings. The van der Waals surface area contributed by atoms with E-state index < -0.39 is 0 Å². The molecular weight excluding hydrogens is 229 g/mol. The molecular formula is C15H22FNO. The standard InChI is InChI=1S/C15H22FNO/c1-2-15(12-4-6-13(16)7-5-12)17-10-11-3-8-14(18)9-11/h4-7,11,14-15,17-18H,2-3,8-10H2,1H3. The smallest absolute Gasteiger partial charge is 0.123 e. The van der Waals surface area contributed by atoms with Crippen molar-refractivity contribution in [3.8, 4) is 0 Å². The second-order valence-corrected chi connectivity index (χ2v) is 5.25. The zero-order chi connectivity index (χ0) is 13.0. The molecule has 2 nitrogen and oxygen atoms in total. The fourth-order valence-electron chi connectivity index (χ4n) is 2.74. The van der Waals surface area contributed by atoms with Crippen molar-refractivity contribution in [1.82, 2.24) is 5.32 Å². The van der Waals surface area contributed by atoms with Gasteiger partial charge in [0.1, 0.15) is 5.82 Å². The van der Waals surface area contributed by atoms with E-state index in [4.69, 9.17) is 0 Å². The molecule has 1 aliphatic carbocycles. The van der Waals surface area contributed by atoms with Crippen LogP contribution in [0, 0.1) is 11.7 Å². The molecule has 0 amide bonds. The Hall–Kier alpha value is -0.930. The summed E-state index contributed by atoms with van der Waals surface area (Å²) in [6, 6.07) is 7.00. The van der Waals surface area contributed by atoms with Gasteiger partial charge in [-0.05, 0) is 55.8 Å². The van der Waals surface area contributed by atoms with Gasteiger partial charge in [0.15, 0.2) is 0 Å². The van der Waals surface area contributed by atoms with Crippen molar-refractivity contribution >= 4 is 0 Å². The number of hydrogen-bond acceptors (Lipinski definition) is 2. The van der Waals surface area contributed by atoms with Crippen molar-refractivity contribution in [1.29, 1.82) is 0 Å². The van der Waals surface area contributed by atoms with Gasteiger partial charge in [0.25, 0.3) is 0 Å². The van der Waals surface area contributed by atoms with E-state index in [2.05, 4.69) is 12.2 Å². The van der Waals surface area contributed by atoms with Crippen molar-refractivity contribution < 1.29 is 9.50 Å². The Bertz CT molecular complexity index is 365. The second-order valence-electron chi connectivity index (χ2n) is 5.25. The number of halogens is 1. The number of rotatable bonds is 5. The van der Waals surface area contributed by atoms with E-state index in [0.29, 0.717) is 5.92 Å². The van der Waals surface area contributed by atoms with Gasteiger partial charge in [-0.15, -0.1) is 0 Å². The van der Waals surface area contributed by atoms with Crippen molar-refractivity contribution in [2.45, 2.75) is 44.8 Å². The number of hydrogen-bond donors (Lipinski definition) is 2. The zero-order valence-corrected chi connectivity index (χ0v) is 10.9. The molecule has 2 N–H and O–H groups in total. The highest BCUT2D eigenvalue weighted by Crippen LogP contribution is 2.26. The fourth-order valence-corrected chi connectivity index (χ4v) is 2.74. The average molecular weight is 251 g/mol. The molecule has 0 heterocycles. The molecule has 1 saturated carbocycles. The number of aliphatic hydroxyl groups excluding tert-OH is 1. The number of aliphatic hydroxyl groups is 1. The molecule has 1 aromatic carbocycles. The minimum atomic E-state index is -0.187. The lowest BCUT2D eigenvalue weighted by Gasteiger charge is -2.20. The molecule has 1 fully saturated rings. The van der Waals surface area contributed by atoms with Gasteiger partial charge in [0.2, 0.25) is 0 Å². The van der Waals surface area contributed by atoms with Gasteiger partial charge >= 0.3 is 0 Å². The highest BCUT2D eigenvalue weighted by Gasteiger charge is 2.23. The molecule has 3 heteroatoms. The van der Waals surface area contributed by atoms with Crippen molar-refractivity contribution in [3.05, 3.63) is 35.6 Å². The van der Waals surface area contributed by atoms with Crippen LogP contribution in [0.2, 0.25) is 0 Å². The monoisotopic (exact) mass is 251 g/mol. The first-order chi connectivity index (χ1) is 8.69. The van der Waals surface area contributed by atoms with Crippen LogP contribution in [0.3, 0.4) is 0 Å². The first-order valence-corrected chi connectivity index (χ1v) is 6.86. The Kier molecular flexibility index (Phi) is 4.72. The molecule has 0 spiro atoms. The Labute approximate surface area is 108 Å². The minimum absolute atomic E-state index is 0.109. The highest BCUT2D eigenvalue weighted by atomic mass is 19.1. The summed E-state index contributed by atoms with van der Waals surface area (Å²) >= 11 is 0. The molecule has 0 aliphatic heterocycles. The largest absolute Gasteiger partial charge is 0.393 e. The van der Waals surface area contributed by atoms with Crippen LogP contribution < -0.4 is 5.32 Å². The quantitative estimate of drug-likeness (QED) is 0.843. The van der Waals surface area contributed by atoms with Crippen LogP contribution in [0.15, 0.2) is 24.3 Å².